The first kappa shape index (κ1) is 22.6. The van der Waals surface area contributed by atoms with Crippen LogP contribution in [0.4, 0.5) is 0 Å². The summed E-state index contributed by atoms with van der Waals surface area (Å²) < 4.78 is 24.8. The van der Waals surface area contributed by atoms with Crippen LogP contribution in [0.15, 0.2) is 48.0 Å². The number of carboxylic acid groups (broad SMARTS) is 1. The quantitative estimate of drug-likeness (QED) is 0.216. The second-order valence-electron chi connectivity index (χ2n) is 5.18. The minimum absolute atomic E-state index is 0.0888. The van der Waals surface area contributed by atoms with Gasteiger partial charge in [0, 0.05) is 6.54 Å². The zero-order valence-corrected chi connectivity index (χ0v) is 15.1. The number of hydrogen-bond acceptors (Lipinski definition) is 4. The Morgan fingerprint density at radius 3 is 2.36 bits per heavy atom. The fourth-order valence-electron chi connectivity index (χ4n) is 1.69. The third-order valence-corrected chi connectivity index (χ3v) is 4.16. The smallest absolute Gasteiger partial charge is 0.321 e. The second-order valence-corrected chi connectivity index (χ2v) is 6.98. The minimum atomic E-state index is -3.66. The molecule has 9 heteroatoms. The maximum Gasteiger partial charge on any atom is 0.321 e. The van der Waals surface area contributed by atoms with Crippen LogP contribution in [0.25, 0.3) is 0 Å². The molecule has 0 fully saturated rings. The lowest BCUT2D eigenvalue weighted by Gasteiger charge is -2.13. The van der Waals surface area contributed by atoms with E-state index in [2.05, 4.69) is 35.3 Å². The van der Waals surface area contributed by atoms with Gasteiger partial charge < -0.3 is 16.6 Å². The van der Waals surface area contributed by atoms with Gasteiger partial charge in [0.2, 0.25) is 10.0 Å². The Bertz CT molecular complexity index is 656. The molecule has 0 saturated heterocycles. The zero-order chi connectivity index (χ0) is 19.3. The van der Waals surface area contributed by atoms with Crippen LogP contribution in [0, 0.1) is 6.92 Å². The van der Waals surface area contributed by atoms with Gasteiger partial charge in [-0.2, -0.15) is 0 Å². The number of carbonyl (C=O) groups is 1. The number of guanidine groups is 1. The molecule has 1 unspecified atom stereocenters. The maximum atomic E-state index is 11.4. The largest absolute Gasteiger partial charge is 0.480 e. The van der Waals surface area contributed by atoms with Crippen LogP contribution in [0.3, 0.4) is 0 Å². The summed E-state index contributed by atoms with van der Waals surface area (Å²) in [6, 6.07) is 9.07. The molecule has 1 aromatic rings. The second kappa shape index (κ2) is 12.0. The Morgan fingerprint density at radius 2 is 1.96 bits per heavy atom. The highest BCUT2D eigenvalue weighted by Gasteiger charge is 2.22. The highest BCUT2D eigenvalue weighted by Crippen LogP contribution is 2.01. The van der Waals surface area contributed by atoms with Crippen LogP contribution in [-0.2, 0) is 14.8 Å². The van der Waals surface area contributed by atoms with Gasteiger partial charge in [0.05, 0.1) is 5.75 Å². The molecule has 0 bridgehead atoms. The van der Waals surface area contributed by atoms with Crippen molar-refractivity contribution in [1.29, 1.82) is 0 Å². The maximum absolute atomic E-state index is 11.4. The number of benzene rings is 1. The van der Waals surface area contributed by atoms with Crippen LogP contribution in [0.5, 0.6) is 0 Å². The molecule has 1 aromatic carbocycles. The van der Waals surface area contributed by atoms with Gasteiger partial charge in [-0.15, -0.1) is 6.58 Å². The molecule has 0 radical (unpaired) electrons. The molecule has 0 aromatic heterocycles. The van der Waals surface area contributed by atoms with E-state index in [1.54, 1.807) is 0 Å². The van der Waals surface area contributed by atoms with Crippen LogP contribution >= 0.6 is 0 Å². The van der Waals surface area contributed by atoms with E-state index in [0.717, 1.165) is 0 Å². The van der Waals surface area contributed by atoms with E-state index in [9.17, 15) is 13.2 Å². The predicted octanol–water partition coefficient (Wildman–Crippen LogP) is 0.594. The monoisotopic (exact) mass is 370 g/mol. The van der Waals surface area contributed by atoms with Crippen molar-refractivity contribution < 1.29 is 18.3 Å². The number of carboxylic acids is 1. The lowest BCUT2D eigenvalue weighted by molar-refractivity contribution is -0.139. The van der Waals surface area contributed by atoms with Gasteiger partial charge in [0.15, 0.2) is 5.96 Å². The van der Waals surface area contributed by atoms with Gasteiger partial charge in [0.1, 0.15) is 6.04 Å². The Labute approximate surface area is 148 Å². The number of nitrogens with two attached hydrogens (primary N) is 2. The molecule has 1 atom stereocenters. The van der Waals surface area contributed by atoms with Crippen molar-refractivity contribution >= 4 is 22.0 Å². The standard InChI is InChI=1S/C9H18N4O4S.C7H8/c1-2-6-18(16,17)13-7(8(14)15)4-3-5-12-9(10)11;1-7-5-3-2-4-6-7/h2,7,13H,1,3-6H2,(H,14,15)(H4,10,11,12);2-6H,1H3. The summed E-state index contributed by atoms with van der Waals surface area (Å²) >= 11 is 0. The number of aliphatic imine (C=N–C) groups is 1. The van der Waals surface area contributed by atoms with Crippen molar-refractivity contribution in [3.8, 4) is 0 Å². The van der Waals surface area contributed by atoms with Gasteiger partial charge in [0.25, 0.3) is 0 Å². The Kier molecular flexibility index (Phi) is 10.9. The number of aryl methyl sites for hydroxylation is 1. The Balaban J connectivity index is 0.000000676. The van der Waals surface area contributed by atoms with Gasteiger partial charge in [-0.3, -0.25) is 9.79 Å². The Morgan fingerprint density at radius 1 is 1.36 bits per heavy atom. The first-order valence-electron chi connectivity index (χ1n) is 7.58. The van der Waals surface area contributed by atoms with Crippen molar-refractivity contribution in [1.82, 2.24) is 4.72 Å². The topological polar surface area (TPSA) is 148 Å². The summed E-state index contributed by atoms with van der Waals surface area (Å²) in [5.41, 5.74) is 11.5. The van der Waals surface area contributed by atoms with Crippen LogP contribution in [0.2, 0.25) is 0 Å². The van der Waals surface area contributed by atoms with E-state index in [1.807, 2.05) is 18.2 Å². The van der Waals surface area contributed by atoms with Crippen molar-refractivity contribution in [2.75, 3.05) is 12.3 Å². The summed E-state index contributed by atoms with van der Waals surface area (Å²) in [5, 5.41) is 8.88. The molecule has 0 amide bonds. The Hall–Kier alpha value is -2.39. The molecule has 140 valence electrons. The summed E-state index contributed by atoms with van der Waals surface area (Å²) in [6.45, 7) is 5.61. The molecule has 0 aliphatic heterocycles. The van der Waals surface area contributed by atoms with Gasteiger partial charge in [-0.05, 0) is 19.8 Å². The molecule has 0 aliphatic rings. The first-order valence-corrected chi connectivity index (χ1v) is 9.24. The average Bonchev–Trinajstić information content (AvgIpc) is 2.51. The number of nitrogens with one attached hydrogen (secondary N) is 1. The minimum Gasteiger partial charge on any atom is -0.480 e. The van der Waals surface area contributed by atoms with Crippen molar-refractivity contribution in [2.24, 2.45) is 16.5 Å². The van der Waals surface area contributed by atoms with Crippen molar-refractivity contribution in [3.63, 3.8) is 0 Å². The lowest BCUT2D eigenvalue weighted by Crippen LogP contribution is -2.41. The van der Waals surface area contributed by atoms with E-state index < -0.39 is 22.0 Å². The number of hydrogen-bond donors (Lipinski definition) is 4. The number of nitrogens with zero attached hydrogens (tertiary/aromatic N) is 1. The van der Waals surface area contributed by atoms with Crippen LogP contribution in [0.1, 0.15) is 18.4 Å². The fraction of sp³-hybridized carbons (Fsp3) is 0.375. The molecule has 25 heavy (non-hydrogen) atoms. The molecule has 6 N–H and O–H groups in total. The SMILES string of the molecule is C=CCS(=O)(=O)NC(CCCN=C(N)N)C(=O)O.Cc1ccccc1. The molecular formula is C16H26N4O4S. The molecule has 0 saturated carbocycles. The average molecular weight is 370 g/mol. The highest BCUT2D eigenvalue weighted by atomic mass is 32.2. The van der Waals surface area contributed by atoms with Crippen LogP contribution < -0.4 is 16.2 Å². The summed E-state index contributed by atoms with van der Waals surface area (Å²) in [5.74, 6) is -1.66. The van der Waals surface area contributed by atoms with Crippen LogP contribution in [-0.4, -0.2) is 43.8 Å². The number of rotatable bonds is 9. The molecule has 0 aliphatic carbocycles. The van der Waals surface area contributed by atoms with E-state index in [-0.39, 0.29) is 24.7 Å². The third-order valence-electron chi connectivity index (χ3n) is 2.84. The van der Waals surface area contributed by atoms with Gasteiger partial charge in [-0.25, -0.2) is 13.1 Å². The van der Waals surface area contributed by atoms with Gasteiger partial charge in [-0.1, -0.05) is 42.0 Å². The first-order chi connectivity index (χ1) is 11.7. The zero-order valence-electron chi connectivity index (χ0n) is 14.3. The molecular weight excluding hydrogens is 344 g/mol. The summed E-state index contributed by atoms with van der Waals surface area (Å²) in [7, 11) is -3.66. The molecule has 0 heterocycles. The predicted molar refractivity (Wildman–Crippen MR) is 99.6 cm³/mol. The van der Waals surface area contributed by atoms with E-state index in [0.29, 0.717) is 6.42 Å². The van der Waals surface area contributed by atoms with Gasteiger partial charge >= 0.3 is 5.97 Å². The number of aliphatic carboxylic acids is 1. The summed E-state index contributed by atoms with van der Waals surface area (Å²) in [4.78, 5) is 14.5. The molecule has 8 nitrogen and oxygen atoms in total. The lowest BCUT2D eigenvalue weighted by atomic mass is 10.2. The number of sulfonamides is 1. The van der Waals surface area contributed by atoms with Crippen molar-refractivity contribution in [3.05, 3.63) is 48.6 Å². The third kappa shape index (κ3) is 12.7. The van der Waals surface area contributed by atoms with E-state index >= 15 is 0 Å². The van der Waals surface area contributed by atoms with E-state index in [1.165, 1.54) is 11.6 Å². The van der Waals surface area contributed by atoms with Crippen molar-refractivity contribution in [2.45, 2.75) is 25.8 Å². The van der Waals surface area contributed by atoms with E-state index in [4.69, 9.17) is 16.6 Å². The fourth-order valence-corrected chi connectivity index (χ4v) is 2.75. The molecule has 0 spiro atoms. The summed E-state index contributed by atoms with van der Waals surface area (Å²) in [6.07, 6.45) is 1.63. The normalized spacial score (nSPS) is 11.6. The molecule has 1 rings (SSSR count). The highest BCUT2D eigenvalue weighted by molar-refractivity contribution is 7.89.